The highest BCUT2D eigenvalue weighted by atomic mass is 16.5. The monoisotopic (exact) mass is 270 g/mol. The molecule has 0 saturated heterocycles. The fourth-order valence-corrected chi connectivity index (χ4v) is 2.33. The second kappa shape index (κ2) is 7.06. The predicted molar refractivity (Wildman–Crippen MR) is 82.1 cm³/mol. The summed E-state index contributed by atoms with van der Waals surface area (Å²) in [6.45, 7) is 7.73. The van der Waals surface area contributed by atoms with Gasteiger partial charge in [0.25, 0.3) is 0 Å². The van der Waals surface area contributed by atoms with Crippen LogP contribution in [-0.2, 0) is 0 Å². The highest BCUT2D eigenvalue weighted by Crippen LogP contribution is 2.25. The molecule has 0 bridgehead atoms. The third-order valence-electron chi connectivity index (χ3n) is 3.16. The molecule has 2 aromatic rings. The molecular weight excluding hydrogens is 248 g/mol. The number of pyridine rings is 1. The summed E-state index contributed by atoms with van der Waals surface area (Å²) in [7, 11) is 0. The number of ether oxygens (including phenoxy) is 1. The molecule has 0 amide bonds. The molecule has 1 N–H and O–H groups in total. The van der Waals surface area contributed by atoms with Crippen LogP contribution in [0, 0.1) is 6.92 Å². The minimum atomic E-state index is 0.169. The average molecular weight is 270 g/mol. The maximum atomic E-state index is 5.59. The maximum absolute atomic E-state index is 5.59. The highest BCUT2D eigenvalue weighted by molar-refractivity contribution is 5.36. The molecule has 20 heavy (non-hydrogen) atoms. The molecule has 0 aliphatic rings. The number of hydrogen-bond donors (Lipinski definition) is 1. The SMILES string of the molecule is CCNC(c1cccc(OCC)c1)c1ccnc(C)c1. The van der Waals surface area contributed by atoms with Gasteiger partial charge in [0.2, 0.25) is 0 Å². The van der Waals surface area contributed by atoms with E-state index in [4.69, 9.17) is 4.74 Å². The Balaban J connectivity index is 2.35. The van der Waals surface area contributed by atoms with Gasteiger partial charge in [0.15, 0.2) is 0 Å². The molecule has 1 heterocycles. The summed E-state index contributed by atoms with van der Waals surface area (Å²) < 4.78 is 5.59. The third kappa shape index (κ3) is 3.58. The smallest absolute Gasteiger partial charge is 0.119 e. The molecule has 1 aromatic carbocycles. The van der Waals surface area contributed by atoms with Crippen LogP contribution in [0.3, 0.4) is 0 Å². The van der Waals surface area contributed by atoms with Gasteiger partial charge in [-0.05, 0) is 55.8 Å². The van der Waals surface area contributed by atoms with Gasteiger partial charge in [-0.1, -0.05) is 19.1 Å². The first-order valence-electron chi connectivity index (χ1n) is 7.13. The summed E-state index contributed by atoms with van der Waals surface area (Å²) in [4.78, 5) is 4.27. The van der Waals surface area contributed by atoms with Gasteiger partial charge in [-0.25, -0.2) is 0 Å². The van der Waals surface area contributed by atoms with Crippen LogP contribution in [0.5, 0.6) is 5.75 Å². The van der Waals surface area contributed by atoms with Crippen LogP contribution in [0.2, 0.25) is 0 Å². The van der Waals surface area contributed by atoms with Gasteiger partial charge in [0, 0.05) is 11.9 Å². The summed E-state index contributed by atoms with van der Waals surface area (Å²) in [5, 5.41) is 3.53. The van der Waals surface area contributed by atoms with Crippen molar-refractivity contribution in [1.29, 1.82) is 0 Å². The van der Waals surface area contributed by atoms with Crippen LogP contribution in [0.15, 0.2) is 42.6 Å². The fourth-order valence-electron chi connectivity index (χ4n) is 2.33. The van der Waals surface area contributed by atoms with Gasteiger partial charge >= 0.3 is 0 Å². The molecule has 2 rings (SSSR count). The van der Waals surface area contributed by atoms with E-state index >= 15 is 0 Å². The lowest BCUT2D eigenvalue weighted by Gasteiger charge is -2.20. The van der Waals surface area contributed by atoms with E-state index in [1.54, 1.807) is 0 Å². The maximum Gasteiger partial charge on any atom is 0.119 e. The third-order valence-corrected chi connectivity index (χ3v) is 3.16. The summed E-state index contributed by atoms with van der Waals surface area (Å²) in [5.74, 6) is 0.915. The molecule has 3 nitrogen and oxygen atoms in total. The molecule has 0 aliphatic heterocycles. The molecule has 3 heteroatoms. The molecule has 0 saturated carbocycles. The molecule has 0 aliphatic carbocycles. The summed E-state index contributed by atoms with van der Waals surface area (Å²) in [6.07, 6.45) is 1.86. The van der Waals surface area contributed by atoms with Crippen LogP contribution in [0.1, 0.15) is 36.7 Å². The second-order valence-electron chi connectivity index (χ2n) is 4.73. The van der Waals surface area contributed by atoms with Gasteiger partial charge in [-0.2, -0.15) is 0 Å². The molecule has 0 spiro atoms. The van der Waals surface area contributed by atoms with E-state index in [2.05, 4.69) is 41.5 Å². The zero-order chi connectivity index (χ0) is 14.4. The molecule has 0 radical (unpaired) electrons. The van der Waals surface area contributed by atoms with E-state index in [0.29, 0.717) is 6.61 Å². The fraction of sp³-hybridized carbons (Fsp3) is 0.353. The number of benzene rings is 1. The Morgan fingerprint density at radius 1 is 1.15 bits per heavy atom. The molecule has 1 atom stereocenters. The Kier molecular flexibility index (Phi) is 5.13. The van der Waals surface area contributed by atoms with E-state index in [0.717, 1.165) is 18.0 Å². The lowest BCUT2D eigenvalue weighted by molar-refractivity contribution is 0.339. The van der Waals surface area contributed by atoms with Gasteiger partial charge in [-0.3, -0.25) is 4.98 Å². The summed E-state index contributed by atoms with van der Waals surface area (Å²) in [6, 6.07) is 12.6. The lowest BCUT2D eigenvalue weighted by atomic mass is 9.98. The number of nitrogens with one attached hydrogen (secondary N) is 1. The first-order chi connectivity index (χ1) is 9.74. The van der Waals surface area contributed by atoms with Crippen LogP contribution in [0.4, 0.5) is 0 Å². The van der Waals surface area contributed by atoms with Crippen molar-refractivity contribution in [1.82, 2.24) is 10.3 Å². The largest absolute Gasteiger partial charge is 0.494 e. The van der Waals surface area contributed by atoms with Crippen molar-refractivity contribution < 1.29 is 4.74 Å². The summed E-state index contributed by atoms with van der Waals surface area (Å²) >= 11 is 0. The van der Waals surface area contributed by atoms with Crippen molar-refractivity contribution in [2.45, 2.75) is 26.8 Å². The Morgan fingerprint density at radius 2 is 1.95 bits per heavy atom. The van der Waals surface area contributed by atoms with Gasteiger partial charge < -0.3 is 10.1 Å². The lowest BCUT2D eigenvalue weighted by Crippen LogP contribution is -2.22. The number of rotatable bonds is 6. The Hall–Kier alpha value is -1.87. The normalized spacial score (nSPS) is 12.2. The van der Waals surface area contributed by atoms with Crippen molar-refractivity contribution >= 4 is 0 Å². The van der Waals surface area contributed by atoms with Crippen molar-refractivity contribution in [3.8, 4) is 5.75 Å². The average Bonchev–Trinajstić information content (AvgIpc) is 2.45. The molecule has 1 unspecified atom stereocenters. The van der Waals surface area contributed by atoms with Crippen LogP contribution in [0.25, 0.3) is 0 Å². The number of nitrogens with zero attached hydrogens (tertiary/aromatic N) is 1. The molecule has 0 fully saturated rings. The van der Waals surface area contributed by atoms with Crippen LogP contribution < -0.4 is 10.1 Å². The van der Waals surface area contributed by atoms with Crippen molar-refractivity contribution in [3.63, 3.8) is 0 Å². The zero-order valence-corrected chi connectivity index (χ0v) is 12.4. The zero-order valence-electron chi connectivity index (χ0n) is 12.4. The first-order valence-corrected chi connectivity index (χ1v) is 7.13. The second-order valence-corrected chi connectivity index (χ2v) is 4.73. The minimum absolute atomic E-state index is 0.169. The molecule has 106 valence electrons. The van der Waals surface area contributed by atoms with E-state index in [-0.39, 0.29) is 6.04 Å². The standard InChI is InChI=1S/C17H22N2O/c1-4-18-17(15-9-10-19-13(3)11-15)14-7-6-8-16(12-14)20-5-2/h6-12,17-18H,4-5H2,1-3H3. The highest BCUT2D eigenvalue weighted by Gasteiger charge is 2.13. The Morgan fingerprint density at radius 3 is 2.65 bits per heavy atom. The van der Waals surface area contributed by atoms with Gasteiger partial charge in [-0.15, -0.1) is 0 Å². The van der Waals surface area contributed by atoms with Crippen LogP contribution in [-0.4, -0.2) is 18.1 Å². The van der Waals surface area contributed by atoms with E-state index in [9.17, 15) is 0 Å². The molecular formula is C17H22N2O. The van der Waals surface area contributed by atoms with E-state index in [1.807, 2.05) is 32.2 Å². The first kappa shape index (κ1) is 14.5. The van der Waals surface area contributed by atoms with Gasteiger partial charge in [0.05, 0.1) is 12.6 Å². The Labute approximate surface area is 121 Å². The van der Waals surface area contributed by atoms with Gasteiger partial charge in [0.1, 0.15) is 5.75 Å². The minimum Gasteiger partial charge on any atom is -0.494 e. The van der Waals surface area contributed by atoms with Crippen molar-refractivity contribution in [2.24, 2.45) is 0 Å². The van der Waals surface area contributed by atoms with E-state index < -0.39 is 0 Å². The summed E-state index contributed by atoms with van der Waals surface area (Å²) in [5.41, 5.74) is 3.47. The number of aromatic nitrogens is 1. The molecule has 1 aromatic heterocycles. The predicted octanol–water partition coefficient (Wildman–Crippen LogP) is 3.49. The van der Waals surface area contributed by atoms with Crippen molar-refractivity contribution in [3.05, 3.63) is 59.4 Å². The topological polar surface area (TPSA) is 34.1 Å². The quantitative estimate of drug-likeness (QED) is 0.872. The Bertz CT molecular complexity index is 554. The van der Waals surface area contributed by atoms with Crippen molar-refractivity contribution in [2.75, 3.05) is 13.2 Å². The number of aryl methyl sites for hydroxylation is 1. The number of hydrogen-bond acceptors (Lipinski definition) is 3. The van der Waals surface area contributed by atoms with Crippen LogP contribution >= 0.6 is 0 Å². The van der Waals surface area contributed by atoms with E-state index in [1.165, 1.54) is 11.1 Å².